The lowest BCUT2D eigenvalue weighted by Crippen LogP contribution is -2.32. The summed E-state index contributed by atoms with van der Waals surface area (Å²) in [5, 5.41) is 2.82. The highest BCUT2D eigenvalue weighted by molar-refractivity contribution is 6.06. The molecule has 0 aliphatic carbocycles. The number of rotatable bonds is 9. The van der Waals surface area contributed by atoms with Crippen LogP contribution in [-0.4, -0.2) is 36.9 Å². The number of para-hydroxylation sites is 1. The van der Waals surface area contributed by atoms with Crippen LogP contribution in [0.1, 0.15) is 32.7 Å². The van der Waals surface area contributed by atoms with Crippen molar-refractivity contribution in [3.63, 3.8) is 0 Å². The molecule has 0 saturated heterocycles. The monoisotopic (exact) mass is 453 g/mol. The molecule has 3 aromatic rings. The minimum absolute atomic E-state index is 0.0786. The number of carbonyl (C=O) groups is 2. The number of nitrogens with one attached hydrogen (secondary N) is 1. The van der Waals surface area contributed by atoms with E-state index >= 15 is 0 Å². The van der Waals surface area contributed by atoms with E-state index in [9.17, 15) is 18.4 Å². The van der Waals surface area contributed by atoms with E-state index < -0.39 is 17.5 Å². The van der Waals surface area contributed by atoms with Crippen LogP contribution in [0.3, 0.4) is 0 Å². The molecule has 3 aromatic carbocycles. The first-order valence-electron chi connectivity index (χ1n) is 10.4. The molecule has 0 aliphatic heterocycles. The zero-order chi connectivity index (χ0) is 23.8. The van der Waals surface area contributed by atoms with Crippen molar-refractivity contribution in [1.29, 1.82) is 0 Å². The fourth-order valence-electron chi connectivity index (χ4n) is 3.39. The largest absolute Gasteiger partial charge is 0.496 e. The lowest BCUT2D eigenvalue weighted by Gasteiger charge is -2.23. The van der Waals surface area contributed by atoms with E-state index in [1.54, 1.807) is 48.5 Å². The minimum atomic E-state index is -0.821. The average molecular weight is 453 g/mol. The molecule has 3 rings (SSSR count). The molecule has 2 amide bonds. The van der Waals surface area contributed by atoms with Crippen molar-refractivity contribution in [3.05, 3.63) is 95.1 Å². The maximum absolute atomic E-state index is 13.6. The molecule has 0 spiro atoms. The lowest BCUT2D eigenvalue weighted by molar-refractivity contribution is 0.0741. The van der Waals surface area contributed by atoms with E-state index in [4.69, 9.17) is 10.5 Å². The molecule has 0 radical (unpaired) electrons. The standard InChI is InChI=1S/C25H25F2N3O3/c1-33-23-9-3-2-8-22(23)24(31)29-21-7-4-6-17(12-21)16-30(11-5-10-28)25(32)18-13-19(26)15-20(27)14-18/h2-4,6-9,12-15H,5,10-11,16,28H2,1H3,(H,29,31). The van der Waals surface area contributed by atoms with Crippen LogP contribution in [0.4, 0.5) is 14.5 Å². The van der Waals surface area contributed by atoms with Gasteiger partial charge in [-0.3, -0.25) is 9.59 Å². The molecule has 0 atom stereocenters. The summed E-state index contributed by atoms with van der Waals surface area (Å²) in [6, 6.07) is 16.6. The lowest BCUT2D eigenvalue weighted by atomic mass is 10.1. The molecule has 172 valence electrons. The first-order chi connectivity index (χ1) is 15.9. The molecule has 0 unspecified atom stereocenters. The van der Waals surface area contributed by atoms with Crippen molar-refractivity contribution < 1.29 is 23.1 Å². The average Bonchev–Trinajstić information content (AvgIpc) is 2.80. The van der Waals surface area contributed by atoms with Gasteiger partial charge >= 0.3 is 0 Å². The molecule has 0 bridgehead atoms. The normalized spacial score (nSPS) is 10.5. The first kappa shape index (κ1) is 23.9. The summed E-state index contributed by atoms with van der Waals surface area (Å²) >= 11 is 0. The molecule has 0 aliphatic rings. The Morgan fingerprint density at radius 3 is 2.42 bits per heavy atom. The third kappa shape index (κ3) is 6.36. The number of methoxy groups -OCH3 is 1. The minimum Gasteiger partial charge on any atom is -0.496 e. The van der Waals surface area contributed by atoms with E-state index in [1.165, 1.54) is 12.0 Å². The topological polar surface area (TPSA) is 84.7 Å². The summed E-state index contributed by atoms with van der Waals surface area (Å²) in [7, 11) is 1.49. The van der Waals surface area contributed by atoms with Crippen LogP contribution in [0.2, 0.25) is 0 Å². The highest BCUT2D eigenvalue weighted by Gasteiger charge is 2.18. The van der Waals surface area contributed by atoms with E-state index in [0.717, 1.165) is 23.8 Å². The third-order valence-electron chi connectivity index (χ3n) is 4.94. The Morgan fingerprint density at radius 2 is 1.73 bits per heavy atom. The van der Waals surface area contributed by atoms with Gasteiger partial charge < -0.3 is 20.7 Å². The SMILES string of the molecule is COc1ccccc1C(=O)Nc1cccc(CN(CCCN)C(=O)c2cc(F)cc(F)c2)c1. The van der Waals surface area contributed by atoms with E-state index in [1.807, 2.05) is 0 Å². The predicted octanol–water partition coefficient (Wildman–Crippen LogP) is 4.22. The molecule has 0 heterocycles. The summed E-state index contributed by atoms with van der Waals surface area (Å²) in [6.45, 7) is 0.844. The Morgan fingerprint density at radius 1 is 1.00 bits per heavy atom. The molecule has 3 N–H and O–H groups in total. The summed E-state index contributed by atoms with van der Waals surface area (Å²) in [6.07, 6.45) is 0.522. The molecule has 0 fully saturated rings. The van der Waals surface area contributed by atoms with Gasteiger partial charge in [-0.15, -0.1) is 0 Å². The molecular formula is C25H25F2N3O3. The molecule has 6 nitrogen and oxygen atoms in total. The van der Waals surface area contributed by atoms with Crippen molar-refractivity contribution in [2.45, 2.75) is 13.0 Å². The van der Waals surface area contributed by atoms with Crippen molar-refractivity contribution >= 4 is 17.5 Å². The second-order valence-corrected chi connectivity index (χ2v) is 7.38. The van der Waals surface area contributed by atoms with Crippen LogP contribution in [0.5, 0.6) is 5.75 Å². The van der Waals surface area contributed by atoms with Gasteiger partial charge in [0.25, 0.3) is 11.8 Å². The quantitative estimate of drug-likeness (QED) is 0.508. The molecule has 0 aromatic heterocycles. The van der Waals surface area contributed by atoms with Crippen LogP contribution in [-0.2, 0) is 6.54 Å². The Balaban J connectivity index is 1.79. The second kappa shape index (κ2) is 11.2. The van der Waals surface area contributed by atoms with Gasteiger partial charge in [0.15, 0.2) is 0 Å². The van der Waals surface area contributed by atoms with Crippen LogP contribution in [0.25, 0.3) is 0 Å². The van der Waals surface area contributed by atoms with E-state index in [-0.39, 0.29) is 18.0 Å². The Bertz CT molecular complexity index is 1120. The van der Waals surface area contributed by atoms with Crippen LogP contribution >= 0.6 is 0 Å². The zero-order valence-electron chi connectivity index (χ0n) is 18.2. The van der Waals surface area contributed by atoms with Crippen molar-refractivity contribution in [3.8, 4) is 5.75 Å². The van der Waals surface area contributed by atoms with Crippen molar-refractivity contribution in [1.82, 2.24) is 4.90 Å². The third-order valence-corrected chi connectivity index (χ3v) is 4.94. The van der Waals surface area contributed by atoms with Gasteiger partial charge in [0.1, 0.15) is 17.4 Å². The van der Waals surface area contributed by atoms with Gasteiger partial charge in [-0.1, -0.05) is 24.3 Å². The fourth-order valence-corrected chi connectivity index (χ4v) is 3.39. The number of hydrogen-bond acceptors (Lipinski definition) is 4. The van der Waals surface area contributed by atoms with Crippen LogP contribution in [0.15, 0.2) is 66.7 Å². The number of ether oxygens (including phenoxy) is 1. The smallest absolute Gasteiger partial charge is 0.259 e. The molecule has 8 heteroatoms. The summed E-state index contributed by atoms with van der Waals surface area (Å²) in [5.41, 5.74) is 7.17. The highest BCUT2D eigenvalue weighted by Crippen LogP contribution is 2.21. The van der Waals surface area contributed by atoms with Crippen molar-refractivity contribution in [2.24, 2.45) is 5.73 Å². The first-order valence-corrected chi connectivity index (χ1v) is 10.4. The van der Waals surface area contributed by atoms with Gasteiger partial charge in [-0.2, -0.15) is 0 Å². The number of nitrogens with zero attached hydrogens (tertiary/aromatic N) is 1. The fraction of sp³-hybridized carbons (Fsp3) is 0.200. The van der Waals surface area contributed by atoms with Crippen molar-refractivity contribution in [2.75, 3.05) is 25.5 Å². The van der Waals surface area contributed by atoms with Crippen LogP contribution < -0.4 is 15.8 Å². The number of nitrogens with two attached hydrogens (primary N) is 1. The second-order valence-electron chi connectivity index (χ2n) is 7.38. The summed E-state index contributed by atoms with van der Waals surface area (Å²) in [4.78, 5) is 27.1. The van der Waals surface area contributed by atoms with Gasteiger partial charge in [-0.05, 0) is 54.9 Å². The number of halogens is 2. The summed E-state index contributed by atoms with van der Waals surface area (Å²) in [5.74, 6) is -2.04. The Hall–Kier alpha value is -3.78. The molecule has 33 heavy (non-hydrogen) atoms. The number of amides is 2. The number of carbonyl (C=O) groups excluding carboxylic acids is 2. The Labute approximate surface area is 191 Å². The molecule has 0 saturated carbocycles. The van der Waals surface area contributed by atoms with Gasteiger partial charge in [0.2, 0.25) is 0 Å². The Kier molecular flexibility index (Phi) is 8.10. The summed E-state index contributed by atoms with van der Waals surface area (Å²) < 4.78 is 32.5. The maximum Gasteiger partial charge on any atom is 0.259 e. The predicted molar refractivity (Wildman–Crippen MR) is 122 cm³/mol. The highest BCUT2D eigenvalue weighted by atomic mass is 19.1. The number of anilines is 1. The van der Waals surface area contributed by atoms with Gasteiger partial charge in [0, 0.05) is 30.4 Å². The number of hydrogen-bond donors (Lipinski definition) is 2. The van der Waals surface area contributed by atoms with Gasteiger partial charge in [-0.25, -0.2) is 8.78 Å². The van der Waals surface area contributed by atoms with Crippen LogP contribution in [0, 0.1) is 11.6 Å². The molecular weight excluding hydrogens is 428 g/mol. The van der Waals surface area contributed by atoms with Gasteiger partial charge in [0.05, 0.1) is 12.7 Å². The zero-order valence-corrected chi connectivity index (χ0v) is 18.2. The van der Waals surface area contributed by atoms with E-state index in [0.29, 0.717) is 36.5 Å². The maximum atomic E-state index is 13.6. The van der Waals surface area contributed by atoms with E-state index in [2.05, 4.69) is 5.32 Å². The number of benzene rings is 3.